The third kappa shape index (κ3) is 4.18. The van der Waals surface area contributed by atoms with Crippen LogP contribution in [0, 0.1) is 17.0 Å². The third-order valence-corrected chi connectivity index (χ3v) is 3.48. The fourth-order valence-corrected chi connectivity index (χ4v) is 2.21. The summed E-state index contributed by atoms with van der Waals surface area (Å²) in [6.45, 7) is 2.15. The number of carbonyl (C=O) groups excluding carboxylic acids is 1. The van der Waals surface area contributed by atoms with Crippen LogP contribution in [0.15, 0.2) is 22.9 Å². The highest BCUT2D eigenvalue weighted by molar-refractivity contribution is 7.11. The van der Waals surface area contributed by atoms with E-state index in [0.717, 1.165) is 10.4 Å². The van der Waals surface area contributed by atoms with Gasteiger partial charge in [0.15, 0.2) is 0 Å². The van der Waals surface area contributed by atoms with E-state index in [-0.39, 0.29) is 18.9 Å². The second-order valence-electron chi connectivity index (χ2n) is 4.08. The van der Waals surface area contributed by atoms with E-state index in [1.54, 1.807) is 6.21 Å². The maximum Gasteiger partial charge on any atom is 0.490 e. The van der Waals surface area contributed by atoms with Gasteiger partial charge in [-0.1, -0.05) is 4.98 Å². The highest BCUT2D eigenvalue weighted by Gasteiger charge is 2.13. The van der Waals surface area contributed by atoms with Gasteiger partial charge in [-0.2, -0.15) is 9.78 Å². The maximum absolute atomic E-state index is 11.6. The molecule has 0 aliphatic carbocycles. The van der Waals surface area contributed by atoms with Crippen LogP contribution in [-0.4, -0.2) is 31.8 Å². The Balaban J connectivity index is 1.78. The van der Waals surface area contributed by atoms with Crippen LogP contribution in [0.3, 0.4) is 0 Å². The van der Waals surface area contributed by atoms with Crippen LogP contribution in [0.25, 0.3) is 0 Å². The normalized spacial score (nSPS) is 10.9. The second-order valence-corrected chi connectivity index (χ2v) is 5.02. The Kier molecular flexibility index (Phi) is 4.72. The van der Waals surface area contributed by atoms with Crippen LogP contribution >= 0.6 is 11.3 Å². The molecule has 1 amide bonds. The quantitative estimate of drug-likeness (QED) is 0.487. The summed E-state index contributed by atoms with van der Waals surface area (Å²) in [5, 5.41) is 19.8. The van der Waals surface area contributed by atoms with E-state index in [2.05, 4.69) is 20.6 Å². The molecule has 0 fully saturated rings. The number of nitro groups is 1. The molecule has 0 aliphatic heterocycles. The summed E-state index contributed by atoms with van der Waals surface area (Å²) < 4.78 is 1.24. The summed E-state index contributed by atoms with van der Waals surface area (Å²) in [4.78, 5) is 25.7. The summed E-state index contributed by atoms with van der Waals surface area (Å²) in [5.41, 5.74) is 3.48. The Morgan fingerprint density at radius 1 is 1.67 bits per heavy atom. The van der Waals surface area contributed by atoms with Gasteiger partial charge in [-0.25, -0.2) is 5.43 Å². The standard InChI is InChI=1S/C11H12N6O3S/c1-8-3-5-21-9(8)6-13-14-10(18)2-4-16-7-12-11(15-16)17(19)20/h3,5-7H,2,4H2,1H3,(H,14,18)/b13-6+. The number of aryl methyl sites for hydroxylation is 2. The molecule has 10 heteroatoms. The first-order valence-corrected chi connectivity index (χ1v) is 6.84. The molecule has 0 bridgehead atoms. The molecule has 0 unspecified atom stereocenters. The zero-order valence-corrected chi connectivity index (χ0v) is 11.9. The Bertz CT molecular complexity index is 677. The monoisotopic (exact) mass is 308 g/mol. The van der Waals surface area contributed by atoms with Crippen molar-refractivity contribution in [2.75, 3.05) is 0 Å². The largest absolute Gasteiger partial charge is 0.490 e. The molecule has 0 radical (unpaired) electrons. The maximum atomic E-state index is 11.6. The smallest absolute Gasteiger partial charge is 0.390 e. The Labute approximate surface area is 123 Å². The van der Waals surface area contributed by atoms with Crippen LogP contribution in [0.5, 0.6) is 0 Å². The van der Waals surface area contributed by atoms with Gasteiger partial charge >= 0.3 is 5.95 Å². The molecule has 9 nitrogen and oxygen atoms in total. The first-order chi connectivity index (χ1) is 10.1. The zero-order valence-electron chi connectivity index (χ0n) is 11.1. The Morgan fingerprint density at radius 2 is 2.48 bits per heavy atom. The van der Waals surface area contributed by atoms with Crippen molar-refractivity contribution in [3.8, 4) is 0 Å². The predicted octanol–water partition coefficient (Wildman–Crippen LogP) is 1.10. The van der Waals surface area contributed by atoms with Crippen molar-refractivity contribution in [3.05, 3.63) is 38.3 Å². The van der Waals surface area contributed by atoms with Crippen molar-refractivity contribution in [3.63, 3.8) is 0 Å². The number of hydrogen-bond acceptors (Lipinski definition) is 7. The van der Waals surface area contributed by atoms with Crippen molar-refractivity contribution in [1.82, 2.24) is 20.2 Å². The van der Waals surface area contributed by atoms with Crippen LogP contribution in [-0.2, 0) is 11.3 Å². The van der Waals surface area contributed by atoms with Gasteiger partial charge in [-0.15, -0.1) is 11.3 Å². The average Bonchev–Trinajstić information content (AvgIpc) is 3.06. The molecule has 2 aromatic heterocycles. The van der Waals surface area contributed by atoms with E-state index in [1.807, 2.05) is 18.4 Å². The number of thiophene rings is 1. The lowest BCUT2D eigenvalue weighted by Gasteiger charge is -1.97. The number of hydrogen-bond donors (Lipinski definition) is 1. The number of amides is 1. The van der Waals surface area contributed by atoms with E-state index in [0.29, 0.717) is 0 Å². The number of rotatable bonds is 6. The lowest BCUT2D eigenvalue weighted by atomic mass is 10.3. The lowest BCUT2D eigenvalue weighted by molar-refractivity contribution is -0.394. The molecular weight excluding hydrogens is 296 g/mol. The second kappa shape index (κ2) is 6.70. The van der Waals surface area contributed by atoms with E-state index in [9.17, 15) is 14.9 Å². The van der Waals surface area contributed by atoms with E-state index in [4.69, 9.17) is 0 Å². The molecular formula is C11H12N6O3S. The minimum atomic E-state index is -0.690. The van der Waals surface area contributed by atoms with Gasteiger partial charge < -0.3 is 10.1 Å². The van der Waals surface area contributed by atoms with E-state index >= 15 is 0 Å². The van der Waals surface area contributed by atoms with Crippen LogP contribution in [0.2, 0.25) is 0 Å². The fourth-order valence-electron chi connectivity index (χ4n) is 1.43. The summed E-state index contributed by atoms with van der Waals surface area (Å²) >= 11 is 1.53. The molecule has 2 aromatic rings. The van der Waals surface area contributed by atoms with E-state index in [1.165, 1.54) is 22.3 Å². The summed E-state index contributed by atoms with van der Waals surface area (Å²) in [6, 6.07) is 1.96. The van der Waals surface area contributed by atoms with Crippen molar-refractivity contribution < 1.29 is 9.72 Å². The van der Waals surface area contributed by atoms with E-state index < -0.39 is 10.9 Å². The predicted molar refractivity (Wildman–Crippen MR) is 76.1 cm³/mol. The molecule has 0 aliphatic rings. The topological polar surface area (TPSA) is 115 Å². The summed E-state index contributed by atoms with van der Waals surface area (Å²) in [6.07, 6.45) is 2.89. The fraction of sp³-hybridized carbons (Fsp3) is 0.273. The van der Waals surface area contributed by atoms with Gasteiger partial charge in [0.05, 0.1) is 12.8 Å². The van der Waals surface area contributed by atoms with Crippen molar-refractivity contribution >= 4 is 29.4 Å². The van der Waals surface area contributed by atoms with Crippen LogP contribution in [0.1, 0.15) is 16.9 Å². The van der Waals surface area contributed by atoms with Crippen molar-refractivity contribution in [2.24, 2.45) is 5.10 Å². The third-order valence-electron chi connectivity index (χ3n) is 2.53. The molecule has 0 aromatic carbocycles. The van der Waals surface area contributed by atoms with Gasteiger partial charge in [0.2, 0.25) is 12.2 Å². The molecule has 21 heavy (non-hydrogen) atoms. The highest BCUT2D eigenvalue weighted by Crippen LogP contribution is 2.12. The molecule has 2 rings (SSSR count). The Hall–Kier alpha value is -2.62. The molecule has 0 saturated heterocycles. The van der Waals surface area contributed by atoms with Crippen LogP contribution in [0.4, 0.5) is 5.95 Å². The SMILES string of the molecule is Cc1ccsc1/C=N/NC(=O)CCn1cnc([N+](=O)[O-])n1. The minimum absolute atomic E-state index is 0.0985. The van der Waals surface area contributed by atoms with Gasteiger partial charge in [-0.3, -0.25) is 4.79 Å². The van der Waals surface area contributed by atoms with Gasteiger partial charge in [0.1, 0.15) is 0 Å². The first kappa shape index (κ1) is 14.8. The summed E-state index contributed by atoms with van der Waals surface area (Å²) in [5.74, 6) is -0.791. The minimum Gasteiger partial charge on any atom is -0.390 e. The van der Waals surface area contributed by atoms with Gasteiger partial charge in [0, 0.05) is 16.4 Å². The van der Waals surface area contributed by atoms with Gasteiger partial charge in [-0.05, 0) is 28.9 Å². The Morgan fingerprint density at radius 3 is 3.10 bits per heavy atom. The summed E-state index contributed by atoms with van der Waals surface area (Å²) in [7, 11) is 0. The highest BCUT2D eigenvalue weighted by atomic mass is 32.1. The molecule has 2 heterocycles. The molecule has 110 valence electrons. The number of aromatic nitrogens is 3. The zero-order chi connectivity index (χ0) is 15.2. The number of carbonyl (C=O) groups is 1. The molecule has 0 spiro atoms. The van der Waals surface area contributed by atoms with Crippen molar-refractivity contribution in [1.29, 1.82) is 0 Å². The lowest BCUT2D eigenvalue weighted by Crippen LogP contribution is -2.19. The van der Waals surface area contributed by atoms with Crippen molar-refractivity contribution in [2.45, 2.75) is 19.9 Å². The molecule has 0 atom stereocenters. The number of nitrogens with zero attached hydrogens (tertiary/aromatic N) is 5. The van der Waals surface area contributed by atoms with Gasteiger partial charge in [0.25, 0.3) is 0 Å². The average molecular weight is 308 g/mol. The van der Waals surface area contributed by atoms with Crippen LogP contribution < -0.4 is 5.43 Å². The number of nitrogens with one attached hydrogen (secondary N) is 1. The molecule has 1 N–H and O–H groups in total. The number of hydrazone groups is 1. The molecule has 0 saturated carbocycles. The first-order valence-electron chi connectivity index (χ1n) is 5.96.